The summed E-state index contributed by atoms with van der Waals surface area (Å²) in [5, 5.41) is 10.4. The van der Waals surface area contributed by atoms with Crippen molar-refractivity contribution in [1.29, 1.82) is 0 Å². The Hall–Kier alpha value is -1.88. The normalized spacial score (nSPS) is 21.3. The van der Waals surface area contributed by atoms with Crippen LogP contribution in [-0.2, 0) is 6.54 Å². The Morgan fingerprint density at radius 2 is 1.62 bits per heavy atom. The van der Waals surface area contributed by atoms with Crippen molar-refractivity contribution in [2.24, 2.45) is 0 Å². The molecule has 0 saturated carbocycles. The summed E-state index contributed by atoms with van der Waals surface area (Å²) in [4.78, 5) is 3.12. The Morgan fingerprint density at radius 3 is 2.35 bits per heavy atom. The maximum atomic E-state index is 10.4. The Balaban J connectivity index is 1.39. The molecule has 3 rings (SSSR count). The first-order valence-corrected chi connectivity index (χ1v) is 9.70. The molecule has 0 amide bonds. The van der Waals surface area contributed by atoms with E-state index in [-0.39, 0.29) is 0 Å². The van der Waals surface area contributed by atoms with Crippen LogP contribution in [0.1, 0.15) is 16.7 Å². The smallest absolute Gasteiger partial charge is 0.137 e. The number of aryl methyl sites for hydroxylation is 1. The van der Waals surface area contributed by atoms with E-state index in [0.717, 1.165) is 50.6 Å². The fourth-order valence-electron chi connectivity index (χ4n) is 3.68. The molecule has 1 atom stereocenters. The lowest BCUT2D eigenvalue weighted by molar-refractivity contribution is -1.02. The van der Waals surface area contributed by atoms with Crippen molar-refractivity contribution in [3.8, 4) is 5.75 Å². The molecule has 0 unspecified atom stereocenters. The molecule has 1 aliphatic heterocycles. The topological polar surface area (TPSA) is 38.3 Å². The quantitative estimate of drug-likeness (QED) is 0.655. The maximum absolute atomic E-state index is 10.4. The van der Waals surface area contributed by atoms with Crippen LogP contribution in [0.4, 0.5) is 0 Å². The Bertz CT molecular complexity index is 682. The molecule has 1 heterocycles. The SMILES string of the molecule is Cc1cccc(OC[C@@H](O)C[NH+]2CC[NH+](Cc3ccccc3)CC2)c1C. The molecule has 1 saturated heterocycles. The molecule has 2 aromatic rings. The van der Waals surface area contributed by atoms with Gasteiger partial charge in [-0.3, -0.25) is 0 Å². The lowest BCUT2D eigenvalue weighted by Gasteiger charge is -2.30. The minimum absolute atomic E-state index is 0.369. The third-order valence-electron chi connectivity index (χ3n) is 5.47. The highest BCUT2D eigenvalue weighted by molar-refractivity contribution is 5.38. The maximum Gasteiger partial charge on any atom is 0.137 e. The summed E-state index contributed by atoms with van der Waals surface area (Å²) < 4.78 is 5.85. The van der Waals surface area contributed by atoms with E-state index < -0.39 is 6.10 Å². The van der Waals surface area contributed by atoms with Gasteiger partial charge < -0.3 is 19.6 Å². The number of hydrogen-bond donors (Lipinski definition) is 3. The molecule has 0 bridgehead atoms. The van der Waals surface area contributed by atoms with E-state index in [0.29, 0.717) is 6.61 Å². The zero-order valence-corrected chi connectivity index (χ0v) is 16.0. The minimum Gasteiger partial charge on any atom is -0.490 e. The van der Waals surface area contributed by atoms with Gasteiger partial charge in [-0.25, -0.2) is 0 Å². The lowest BCUT2D eigenvalue weighted by atomic mass is 10.1. The lowest BCUT2D eigenvalue weighted by Crippen LogP contribution is -3.28. The summed E-state index contributed by atoms with van der Waals surface area (Å²) in [6, 6.07) is 16.8. The summed E-state index contributed by atoms with van der Waals surface area (Å²) >= 11 is 0. The van der Waals surface area contributed by atoms with Crippen LogP contribution in [0, 0.1) is 13.8 Å². The highest BCUT2D eigenvalue weighted by Gasteiger charge is 2.25. The van der Waals surface area contributed by atoms with Gasteiger partial charge in [-0.05, 0) is 31.0 Å². The van der Waals surface area contributed by atoms with Gasteiger partial charge in [-0.2, -0.15) is 0 Å². The first-order chi connectivity index (χ1) is 12.6. The van der Waals surface area contributed by atoms with Gasteiger partial charge >= 0.3 is 0 Å². The second-order valence-electron chi connectivity index (χ2n) is 7.53. The van der Waals surface area contributed by atoms with Gasteiger partial charge in [0.05, 0.1) is 0 Å². The average molecular weight is 357 g/mol. The van der Waals surface area contributed by atoms with Crippen LogP contribution in [0.5, 0.6) is 5.75 Å². The summed E-state index contributed by atoms with van der Waals surface area (Å²) in [5.74, 6) is 0.885. The highest BCUT2D eigenvalue weighted by atomic mass is 16.5. The van der Waals surface area contributed by atoms with Crippen LogP contribution in [0.15, 0.2) is 48.5 Å². The molecule has 1 fully saturated rings. The van der Waals surface area contributed by atoms with Crippen LogP contribution in [-0.4, -0.2) is 50.5 Å². The number of aliphatic hydroxyl groups is 1. The number of quaternary nitrogens is 2. The zero-order chi connectivity index (χ0) is 18.4. The van der Waals surface area contributed by atoms with Gasteiger partial charge in [0, 0.05) is 5.56 Å². The van der Waals surface area contributed by atoms with E-state index >= 15 is 0 Å². The van der Waals surface area contributed by atoms with Crippen molar-refractivity contribution < 1.29 is 19.6 Å². The predicted molar refractivity (Wildman–Crippen MR) is 104 cm³/mol. The molecular weight excluding hydrogens is 324 g/mol. The largest absolute Gasteiger partial charge is 0.490 e. The van der Waals surface area contributed by atoms with E-state index in [9.17, 15) is 5.11 Å². The van der Waals surface area contributed by atoms with Gasteiger partial charge in [-0.1, -0.05) is 42.5 Å². The standard InChI is InChI=1S/C22H30N2O2/c1-18-7-6-10-22(19(18)2)26-17-21(25)16-24-13-11-23(12-14-24)15-20-8-4-3-5-9-20/h3-10,21,25H,11-17H2,1-2H3/p+2/t21-/m0/s1. The van der Waals surface area contributed by atoms with Crippen molar-refractivity contribution in [3.05, 3.63) is 65.2 Å². The van der Waals surface area contributed by atoms with Crippen molar-refractivity contribution in [2.75, 3.05) is 39.3 Å². The molecule has 0 spiro atoms. The fraction of sp³-hybridized carbons (Fsp3) is 0.455. The first-order valence-electron chi connectivity index (χ1n) is 9.70. The summed E-state index contributed by atoms with van der Waals surface area (Å²) in [6.45, 7) is 10.9. The van der Waals surface area contributed by atoms with Gasteiger partial charge in [0.25, 0.3) is 0 Å². The average Bonchev–Trinajstić information content (AvgIpc) is 2.65. The molecule has 4 heteroatoms. The van der Waals surface area contributed by atoms with Crippen LogP contribution in [0.25, 0.3) is 0 Å². The molecule has 1 aliphatic rings. The first kappa shape index (κ1) is 18.9. The Morgan fingerprint density at radius 1 is 0.923 bits per heavy atom. The number of nitrogens with one attached hydrogen (secondary N) is 2. The van der Waals surface area contributed by atoms with Gasteiger partial charge in [-0.15, -0.1) is 0 Å². The van der Waals surface area contributed by atoms with Gasteiger partial charge in [0.1, 0.15) is 57.7 Å². The van der Waals surface area contributed by atoms with E-state index in [1.165, 1.54) is 16.0 Å². The minimum atomic E-state index is -0.416. The third kappa shape index (κ3) is 5.31. The summed E-state index contributed by atoms with van der Waals surface area (Å²) in [6.07, 6.45) is -0.416. The molecule has 4 nitrogen and oxygen atoms in total. The third-order valence-corrected chi connectivity index (χ3v) is 5.47. The summed E-state index contributed by atoms with van der Waals surface area (Å²) in [7, 11) is 0. The van der Waals surface area contributed by atoms with Crippen LogP contribution in [0.2, 0.25) is 0 Å². The number of benzene rings is 2. The number of rotatable bonds is 7. The number of ether oxygens (including phenoxy) is 1. The zero-order valence-electron chi connectivity index (χ0n) is 16.0. The Kier molecular flexibility index (Phi) is 6.67. The molecule has 2 aromatic carbocycles. The summed E-state index contributed by atoms with van der Waals surface area (Å²) in [5.41, 5.74) is 3.79. The molecular formula is C22H32N2O2+2. The molecule has 26 heavy (non-hydrogen) atoms. The van der Waals surface area contributed by atoms with Crippen molar-refractivity contribution in [2.45, 2.75) is 26.5 Å². The molecule has 0 radical (unpaired) electrons. The van der Waals surface area contributed by atoms with Crippen LogP contribution >= 0.6 is 0 Å². The second-order valence-corrected chi connectivity index (χ2v) is 7.53. The molecule has 140 valence electrons. The van der Waals surface area contributed by atoms with Crippen molar-refractivity contribution in [3.63, 3.8) is 0 Å². The van der Waals surface area contributed by atoms with Gasteiger partial charge in [0.15, 0.2) is 0 Å². The van der Waals surface area contributed by atoms with E-state index in [4.69, 9.17) is 4.74 Å². The highest BCUT2D eigenvalue weighted by Crippen LogP contribution is 2.20. The predicted octanol–water partition coefficient (Wildman–Crippen LogP) is 0.0267. The molecule has 0 aliphatic carbocycles. The molecule has 3 N–H and O–H groups in total. The van der Waals surface area contributed by atoms with Crippen molar-refractivity contribution in [1.82, 2.24) is 0 Å². The van der Waals surface area contributed by atoms with Crippen LogP contribution < -0.4 is 14.5 Å². The van der Waals surface area contributed by atoms with Crippen LogP contribution in [0.3, 0.4) is 0 Å². The van der Waals surface area contributed by atoms with Crippen molar-refractivity contribution >= 4 is 0 Å². The number of hydrogen-bond acceptors (Lipinski definition) is 2. The van der Waals surface area contributed by atoms with E-state index in [1.54, 1.807) is 4.90 Å². The molecule has 0 aromatic heterocycles. The monoisotopic (exact) mass is 356 g/mol. The second kappa shape index (κ2) is 9.17. The van der Waals surface area contributed by atoms with E-state index in [2.05, 4.69) is 50.2 Å². The number of aliphatic hydroxyl groups excluding tert-OH is 1. The number of piperazine rings is 1. The fourth-order valence-corrected chi connectivity index (χ4v) is 3.68. The van der Waals surface area contributed by atoms with E-state index in [1.807, 2.05) is 12.1 Å². The Labute approximate surface area is 157 Å². The van der Waals surface area contributed by atoms with Gasteiger partial charge in [0.2, 0.25) is 0 Å².